The quantitative estimate of drug-likeness (QED) is 0.539. The Labute approximate surface area is 76.4 Å². The Morgan fingerprint density at radius 3 is 2.08 bits per heavy atom. The molecule has 6 heteroatoms. The summed E-state index contributed by atoms with van der Waals surface area (Å²) in [5.74, 6) is -2.32. The lowest BCUT2D eigenvalue weighted by atomic mass is 9.60. The molecule has 0 fully saturated rings. The minimum Gasteiger partial charge on any atom is -0.392 e. The molecule has 0 aliphatic heterocycles. The fourth-order valence-corrected chi connectivity index (χ4v) is 0.624. The van der Waals surface area contributed by atoms with Gasteiger partial charge in [-0.15, -0.1) is 0 Å². The number of hydrogen-bond donors (Lipinski definition) is 0. The first-order chi connectivity index (χ1) is 5.23. The predicted octanol–water partition coefficient (Wildman–Crippen LogP) is -0.160. The third-order valence-electron chi connectivity index (χ3n) is 1.44. The van der Waals surface area contributed by atoms with Gasteiger partial charge in [0.25, 0.3) is 0 Å². The lowest BCUT2D eigenvalue weighted by molar-refractivity contribution is -0.200. The minimum atomic E-state index is -2.32. The number of ether oxygens (including phenoxy) is 2. The van der Waals surface area contributed by atoms with Crippen molar-refractivity contribution in [3.05, 3.63) is 0 Å². The first kappa shape index (κ1) is 12.0. The Morgan fingerprint density at radius 1 is 1.42 bits per heavy atom. The number of hydrogen-bond acceptors (Lipinski definition) is 2. The molecule has 2 atom stereocenters. The van der Waals surface area contributed by atoms with Crippen LogP contribution in [0, 0.1) is 0 Å². The highest BCUT2D eigenvalue weighted by Gasteiger charge is 2.42. The van der Waals surface area contributed by atoms with E-state index in [0.29, 0.717) is 0 Å². The standard InChI is InChI=1S/C6H10B3FO2/c1-4(7)12-5(2,10)6(8,9)11-3/h4H,1-3H3/t4?,5-/m0/s1. The zero-order chi connectivity index (χ0) is 9.99. The van der Waals surface area contributed by atoms with E-state index in [2.05, 4.69) is 9.47 Å². The van der Waals surface area contributed by atoms with Crippen LogP contribution >= 0.6 is 0 Å². The van der Waals surface area contributed by atoms with E-state index in [-0.39, 0.29) is 0 Å². The Kier molecular flexibility index (Phi) is 3.85. The summed E-state index contributed by atoms with van der Waals surface area (Å²) in [5, 5.41) is -2.00. The van der Waals surface area contributed by atoms with Gasteiger partial charge in [0.05, 0.1) is 0 Å². The van der Waals surface area contributed by atoms with Crippen LogP contribution in [0.5, 0.6) is 0 Å². The summed E-state index contributed by atoms with van der Waals surface area (Å²) in [5.41, 5.74) is 0. The van der Waals surface area contributed by atoms with E-state index in [1.165, 1.54) is 14.0 Å². The van der Waals surface area contributed by atoms with Gasteiger partial charge in [0.1, 0.15) is 23.5 Å². The van der Waals surface area contributed by atoms with Gasteiger partial charge >= 0.3 is 0 Å². The average molecular weight is 166 g/mol. The maximum absolute atomic E-state index is 13.4. The second kappa shape index (κ2) is 3.84. The van der Waals surface area contributed by atoms with E-state index in [1.54, 1.807) is 0 Å². The van der Waals surface area contributed by atoms with Gasteiger partial charge in [0, 0.05) is 18.5 Å². The molecule has 1 unspecified atom stereocenters. The number of methoxy groups -OCH3 is 1. The summed E-state index contributed by atoms with van der Waals surface area (Å²) in [4.78, 5) is 0. The van der Waals surface area contributed by atoms with Crippen molar-refractivity contribution in [3.8, 4) is 0 Å². The molecule has 12 heavy (non-hydrogen) atoms. The molecule has 0 aliphatic rings. The molecule has 0 N–H and O–H groups in total. The van der Waals surface area contributed by atoms with Crippen LogP contribution in [0.1, 0.15) is 13.8 Å². The molecule has 62 valence electrons. The smallest absolute Gasteiger partial charge is 0.217 e. The van der Waals surface area contributed by atoms with Crippen LogP contribution in [-0.4, -0.2) is 47.9 Å². The maximum atomic E-state index is 13.4. The zero-order valence-electron chi connectivity index (χ0n) is 7.50. The van der Waals surface area contributed by atoms with Crippen LogP contribution in [0.25, 0.3) is 0 Å². The van der Waals surface area contributed by atoms with Gasteiger partial charge in [0.15, 0.2) is 0 Å². The molecular weight excluding hydrogens is 155 g/mol. The molecule has 2 nitrogen and oxygen atoms in total. The van der Waals surface area contributed by atoms with Crippen molar-refractivity contribution in [2.24, 2.45) is 0 Å². The molecule has 0 bridgehead atoms. The van der Waals surface area contributed by atoms with Crippen LogP contribution in [0.3, 0.4) is 0 Å². The Bertz CT molecular complexity index is 150. The normalized spacial score (nSPS) is 20.0. The summed E-state index contributed by atoms with van der Waals surface area (Å²) in [6, 6.07) is -0.804. The summed E-state index contributed by atoms with van der Waals surface area (Å²) in [6.07, 6.45) is 0. The van der Waals surface area contributed by atoms with Crippen molar-refractivity contribution in [1.82, 2.24) is 0 Å². The highest BCUT2D eigenvalue weighted by atomic mass is 19.2. The third kappa shape index (κ3) is 2.83. The lowest BCUT2D eigenvalue weighted by Gasteiger charge is -2.38. The second-order valence-corrected chi connectivity index (χ2v) is 2.74. The Balaban J connectivity index is 4.37. The van der Waals surface area contributed by atoms with E-state index < -0.39 is 17.3 Å². The molecule has 0 saturated carbocycles. The lowest BCUT2D eigenvalue weighted by Crippen LogP contribution is -2.54. The van der Waals surface area contributed by atoms with Crippen molar-refractivity contribution in [3.63, 3.8) is 0 Å². The SMILES string of the molecule is [B]C(C)O[C@](C)(F)C([B])([B])OC. The monoisotopic (exact) mass is 166 g/mol. The number of halogens is 1. The second-order valence-electron chi connectivity index (χ2n) is 2.74. The highest BCUT2D eigenvalue weighted by Crippen LogP contribution is 2.26. The van der Waals surface area contributed by atoms with Crippen molar-refractivity contribution < 1.29 is 13.9 Å². The van der Waals surface area contributed by atoms with Crippen LogP contribution in [-0.2, 0) is 9.47 Å². The van der Waals surface area contributed by atoms with Crippen molar-refractivity contribution in [2.75, 3.05) is 7.11 Å². The number of rotatable bonds is 4. The molecule has 0 heterocycles. The van der Waals surface area contributed by atoms with Crippen LogP contribution in [0.2, 0.25) is 0 Å². The van der Waals surface area contributed by atoms with Gasteiger partial charge in [-0.3, -0.25) is 0 Å². The van der Waals surface area contributed by atoms with Gasteiger partial charge in [-0.05, 0) is 13.8 Å². The molecular formula is C6H10B3FO2. The van der Waals surface area contributed by atoms with E-state index in [9.17, 15) is 4.39 Å². The third-order valence-corrected chi connectivity index (χ3v) is 1.44. The van der Waals surface area contributed by atoms with Gasteiger partial charge in [-0.1, -0.05) is 0 Å². The summed E-state index contributed by atoms with van der Waals surface area (Å²) < 4.78 is 22.6. The van der Waals surface area contributed by atoms with Crippen LogP contribution < -0.4 is 0 Å². The molecule has 6 radical (unpaired) electrons. The summed E-state index contributed by atoms with van der Waals surface area (Å²) in [7, 11) is 16.9. The fraction of sp³-hybridized carbons (Fsp3) is 1.00. The molecule has 0 spiro atoms. The number of alkyl halides is 1. The van der Waals surface area contributed by atoms with E-state index in [4.69, 9.17) is 23.5 Å². The summed E-state index contributed by atoms with van der Waals surface area (Å²) >= 11 is 0. The first-order valence-electron chi connectivity index (χ1n) is 3.48. The van der Waals surface area contributed by atoms with Crippen molar-refractivity contribution in [1.29, 1.82) is 0 Å². The fourth-order valence-electron chi connectivity index (χ4n) is 0.624. The molecule has 0 rings (SSSR count). The largest absolute Gasteiger partial charge is 0.392 e. The van der Waals surface area contributed by atoms with Gasteiger partial charge in [-0.2, -0.15) is 0 Å². The van der Waals surface area contributed by atoms with Crippen LogP contribution in [0.15, 0.2) is 0 Å². The molecule has 0 aromatic rings. The molecule has 0 aliphatic carbocycles. The first-order valence-corrected chi connectivity index (χ1v) is 3.48. The van der Waals surface area contributed by atoms with Gasteiger partial charge < -0.3 is 9.47 Å². The van der Waals surface area contributed by atoms with E-state index in [0.717, 1.165) is 6.92 Å². The molecule has 0 aromatic heterocycles. The molecule has 0 saturated heterocycles. The van der Waals surface area contributed by atoms with Gasteiger partial charge in [-0.25, -0.2) is 4.39 Å². The summed E-state index contributed by atoms with van der Waals surface area (Å²) in [6.45, 7) is 2.52. The average Bonchev–Trinajstić information content (AvgIpc) is 1.84. The zero-order valence-corrected chi connectivity index (χ0v) is 7.50. The van der Waals surface area contributed by atoms with E-state index in [1.807, 2.05) is 0 Å². The van der Waals surface area contributed by atoms with Gasteiger partial charge in [0.2, 0.25) is 5.85 Å². The highest BCUT2D eigenvalue weighted by molar-refractivity contribution is 6.39. The topological polar surface area (TPSA) is 18.5 Å². The molecule has 0 amide bonds. The van der Waals surface area contributed by atoms with Crippen LogP contribution in [0.4, 0.5) is 4.39 Å². The molecule has 0 aromatic carbocycles. The maximum Gasteiger partial charge on any atom is 0.217 e. The predicted molar refractivity (Wildman–Crippen MR) is 47.1 cm³/mol. The van der Waals surface area contributed by atoms with E-state index >= 15 is 0 Å². The minimum absolute atomic E-state index is 0.804. The Morgan fingerprint density at radius 2 is 1.83 bits per heavy atom. The Hall–Kier alpha value is 0.0448. The van der Waals surface area contributed by atoms with Crippen molar-refractivity contribution >= 4 is 23.5 Å². The van der Waals surface area contributed by atoms with Crippen molar-refractivity contribution in [2.45, 2.75) is 31.1 Å².